The lowest BCUT2D eigenvalue weighted by Crippen LogP contribution is -2.24. The number of ether oxygens (including phenoxy) is 1. The molecular formula is C13H16Br2O2. The third-order valence-corrected chi connectivity index (χ3v) is 4.78. The van der Waals surface area contributed by atoms with Gasteiger partial charge in [0.05, 0.1) is 12.7 Å². The van der Waals surface area contributed by atoms with Crippen LogP contribution in [-0.4, -0.2) is 18.3 Å². The second-order valence-corrected chi connectivity index (χ2v) is 6.25. The van der Waals surface area contributed by atoms with E-state index in [1.165, 1.54) is 0 Å². The van der Waals surface area contributed by atoms with Gasteiger partial charge >= 0.3 is 0 Å². The summed E-state index contributed by atoms with van der Waals surface area (Å²) in [4.78, 5) is 0. The molecule has 0 aromatic heterocycles. The number of aliphatic hydroxyl groups is 1. The van der Waals surface area contributed by atoms with E-state index in [1.54, 1.807) is 0 Å². The Bertz CT molecular complexity index is 401. The van der Waals surface area contributed by atoms with Crippen molar-refractivity contribution in [1.82, 2.24) is 0 Å². The number of benzene rings is 1. The molecule has 0 spiro atoms. The van der Waals surface area contributed by atoms with Crippen molar-refractivity contribution in [2.24, 2.45) is 5.92 Å². The SMILES string of the molecule is Cc1cc(Br)c(C(O)C2CCCOC2)cc1Br. The molecule has 1 aromatic rings. The quantitative estimate of drug-likeness (QED) is 0.861. The van der Waals surface area contributed by atoms with Gasteiger partial charge in [-0.2, -0.15) is 0 Å². The van der Waals surface area contributed by atoms with Crippen LogP contribution in [-0.2, 0) is 4.74 Å². The summed E-state index contributed by atoms with van der Waals surface area (Å²) in [5, 5.41) is 10.4. The predicted molar refractivity (Wildman–Crippen MR) is 75.1 cm³/mol. The molecule has 0 radical (unpaired) electrons. The van der Waals surface area contributed by atoms with E-state index in [2.05, 4.69) is 31.9 Å². The molecule has 94 valence electrons. The van der Waals surface area contributed by atoms with Gasteiger partial charge in [0.1, 0.15) is 0 Å². The van der Waals surface area contributed by atoms with E-state index >= 15 is 0 Å². The molecule has 1 N–H and O–H groups in total. The molecule has 2 atom stereocenters. The molecule has 4 heteroatoms. The van der Waals surface area contributed by atoms with Gasteiger partial charge in [-0.3, -0.25) is 0 Å². The van der Waals surface area contributed by atoms with E-state index in [1.807, 2.05) is 19.1 Å². The largest absolute Gasteiger partial charge is 0.388 e. The van der Waals surface area contributed by atoms with Gasteiger partial charge in [-0.05, 0) is 43.0 Å². The Morgan fingerprint density at radius 2 is 2.12 bits per heavy atom. The number of aliphatic hydroxyl groups excluding tert-OH is 1. The smallest absolute Gasteiger partial charge is 0.0851 e. The molecule has 17 heavy (non-hydrogen) atoms. The maximum Gasteiger partial charge on any atom is 0.0851 e. The van der Waals surface area contributed by atoms with Crippen LogP contribution in [0.5, 0.6) is 0 Å². The zero-order valence-electron chi connectivity index (χ0n) is 9.75. The van der Waals surface area contributed by atoms with Crippen LogP contribution in [0.15, 0.2) is 21.1 Å². The Morgan fingerprint density at radius 1 is 1.35 bits per heavy atom. The van der Waals surface area contributed by atoms with E-state index in [-0.39, 0.29) is 5.92 Å². The number of rotatable bonds is 2. The highest BCUT2D eigenvalue weighted by Gasteiger charge is 2.25. The Morgan fingerprint density at radius 3 is 2.76 bits per heavy atom. The van der Waals surface area contributed by atoms with Crippen LogP contribution in [0, 0.1) is 12.8 Å². The summed E-state index contributed by atoms with van der Waals surface area (Å²) in [5.41, 5.74) is 2.10. The van der Waals surface area contributed by atoms with Crippen LogP contribution in [0.3, 0.4) is 0 Å². The van der Waals surface area contributed by atoms with Crippen molar-refractivity contribution in [2.75, 3.05) is 13.2 Å². The molecular weight excluding hydrogens is 348 g/mol. The molecule has 1 saturated heterocycles. The monoisotopic (exact) mass is 362 g/mol. The number of aryl methyl sites for hydroxylation is 1. The summed E-state index contributed by atoms with van der Waals surface area (Å²) >= 11 is 7.04. The Balaban J connectivity index is 2.23. The lowest BCUT2D eigenvalue weighted by molar-refractivity contribution is -0.0102. The first kappa shape index (κ1) is 13.5. The minimum absolute atomic E-state index is 0.203. The van der Waals surface area contributed by atoms with Crippen LogP contribution >= 0.6 is 31.9 Å². The highest BCUT2D eigenvalue weighted by atomic mass is 79.9. The molecule has 2 rings (SSSR count). The molecule has 0 bridgehead atoms. The van der Waals surface area contributed by atoms with E-state index < -0.39 is 6.10 Å². The molecule has 2 unspecified atom stereocenters. The second kappa shape index (κ2) is 5.83. The minimum Gasteiger partial charge on any atom is -0.388 e. The summed E-state index contributed by atoms with van der Waals surface area (Å²) in [6, 6.07) is 4.03. The molecule has 2 nitrogen and oxygen atoms in total. The predicted octanol–water partition coefficient (Wildman–Crippen LogP) is 3.98. The van der Waals surface area contributed by atoms with Gasteiger partial charge in [0, 0.05) is 21.5 Å². The van der Waals surface area contributed by atoms with E-state index in [4.69, 9.17) is 4.74 Å². The molecule has 0 aliphatic carbocycles. The summed E-state index contributed by atoms with van der Waals surface area (Å²) in [5.74, 6) is 0.203. The van der Waals surface area contributed by atoms with Crippen molar-refractivity contribution in [3.05, 3.63) is 32.2 Å². The van der Waals surface area contributed by atoms with Gasteiger partial charge < -0.3 is 9.84 Å². The topological polar surface area (TPSA) is 29.5 Å². The lowest BCUT2D eigenvalue weighted by Gasteiger charge is -2.27. The maximum atomic E-state index is 10.4. The Labute approximate surface area is 119 Å². The normalized spacial score (nSPS) is 22.5. The van der Waals surface area contributed by atoms with E-state index in [0.717, 1.165) is 39.5 Å². The first-order valence-corrected chi connectivity index (χ1v) is 7.39. The average Bonchev–Trinajstić information content (AvgIpc) is 2.34. The van der Waals surface area contributed by atoms with E-state index in [0.29, 0.717) is 6.61 Å². The second-order valence-electron chi connectivity index (χ2n) is 4.54. The summed E-state index contributed by atoms with van der Waals surface area (Å²) < 4.78 is 7.43. The maximum absolute atomic E-state index is 10.4. The van der Waals surface area contributed by atoms with Gasteiger partial charge in [-0.25, -0.2) is 0 Å². The Hall–Kier alpha value is 0.1000. The van der Waals surface area contributed by atoms with Gasteiger partial charge in [0.2, 0.25) is 0 Å². The summed E-state index contributed by atoms with van der Waals surface area (Å²) in [6.45, 7) is 3.51. The van der Waals surface area contributed by atoms with Crippen LogP contribution < -0.4 is 0 Å². The first-order chi connectivity index (χ1) is 8.09. The molecule has 1 heterocycles. The zero-order valence-corrected chi connectivity index (χ0v) is 12.9. The third-order valence-electron chi connectivity index (χ3n) is 3.24. The van der Waals surface area contributed by atoms with Gasteiger partial charge in [-0.15, -0.1) is 0 Å². The number of halogens is 2. The van der Waals surface area contributed by atoms with Crippen molar-refractivity contribution in [3.8, 4) is 0 Å². The standard InChI is InChI=1S/C13H16Br2O2/c1-8-5-12(15)10(6-11(8)14)13(16)9-3-2-4-17-7-9/h5-6,9,13,16H,2-4,7H2,1H3. The zero-order chi connectivity index (χ0) is 12.4. The first-order valence-electron chi connectivity index (χ1n) is 5.81. The van der Waals surface area contributed by atoms with Crippen LogP contribution in [0.4, 0.5) is 0 Å². The molecule has 1 aliphatic rings. The summed E-state index contributed by atoms with van der Waals surface area (Å²) in [6.07, 6.45) is 1.60. The highest BCUT2D eigenvalue weighted by Crippen LogP contribution is 2.35. The fraction of sp³-hybridized carbons (Fsp3) is 0.538. The number of hydrogen-bond acceptors (Lipinski definition) is 2. The lowest BCUT2D eigenvalue weighted by atomic mass is 9.91. The summed E-state index contributed by atoms with van der Waals surface area (Å²) in [7, 11) is 0. The fourth-order valence-corrected chi connectivity index (χ4v) is 3.21. The van der Waals surface area contributed by atoms with Gasteiger partial charge in [-0.1, -0.05) is 31.9 Å². The molecule has 1 aromatic carbocycles. The van der Waals surface area contributed by atoms with Crippen molar-refractivity contribution in [3.63, 3.8) is 0 Å². The van der Waals surface area contributed by atoms with Gasteiger partial charge in [0.15, 0.2) is 0 Å². The van der Waals surface area contributed by atoms with Gasteiger partial charge in [0.25, 0.3) is 0 Å². The van der Waals surface area contributed by atoms with Crippen molar-refractivity contribution < 1.29 is 9.84 Å². The average molecular weight is 364 g/mol. The van der Waals surface area contributed by atoms with Crippen molar-refractivity contribution in [1.29, 1.82) is 0 Å². The number of hydrogen-bond donors (Lipinski definition) is 1. The van der Waals surface area contributed by atoms with Crippen LogP contribution in [0.1, 0.15) is 30.1 Å². The molecule has 0 saturated carbocycles. The fourth-order valence-electron chi connectivity index (χ4n) is 2.16. The molecule has 1 fully saturated rings. The van der Waals surface area contributed by atoms with Crippen LogP contribution in [0.2, 0.25) is 0 Å². The van der Waals surface area contributed by atoms with Crippen molar-refractivity contribution in [2.45, 2.75) is 25.9 Å². The minimum atomic E-state index is -0.457. The third kappa shape index (κ3) is 3.11. The van der Waals surface area contributed by atoms with Crippen molar-refractivity contribution >= 4 is 31.9 Å². The molecule has 0 amide bonds. The van der Waals surface area contributed by atoms with E-state index in [9.17, 15) is 5.11 Å². The Kier molecular flexibility index (Phi) is 4.64. The van der Waals surface area contributed by atoms with Crippen LogP contribution in [0.25, 0.3) is 0 Å². The molecule has 1 aliphatic heterocycles. The highest BCUT2D eigenvalue weighted by molar-refractivity contribution is 9.11.